The Morgan fingerprint density at radius 1 is 0.898 bits per heavy atom. The number of fused-ring (bicyclic) bond motifs is 1. The molecule has 5 rings (SSSR count). The number of aryl methyl sites for hydroxylation is 2. The number of sulfonamides is 1. The molecule has 0 fully saturated rings. The number of unbranched alkanes of at least 4 members (excludes halogenated alkanes) is 1. The molecule has 3 atom stereocenters. The van der Waals surface area contributed by atoms with Crippen molar-refractivity contribution >= 4 is 27.7 Å². The van der Waals surface area contributed by atoms with Crippen molar-refractivity contribution in [1.29, 1.82) is 0 Å². The van der Waals surface area contributed by atoms with Crippen molar-refractivity contribution in [2.75, 3.05) is 19.6 Å². The predicted octanol–water partition coefficient (Wildman–Crippen LogP) is 4.79. The third-order valence-corrected chi connectivity index (χ3v) is 10.1. The van der Waals surface area contributed by atoms with Crippen molar-refractivity contribution < 1.29 is 36.8 Å². The van der Waals surface area contributed by atoms with E-state index in [1.807, 2.05) is 19.9 Å². The van der Waals surface area contributed by atoms with Crippen LogP contribution in [0.4, 0.5) is 0 Å². The minimum Gasteiger partial charge on any atom is -0.454 e. The van der Waals surface area contributed by atoms with E-state index in [2.05, 4.69) is 5.16 Å². The number of ether oxygens (including phenoxy) is 2. The molecular formula is C36H40N4O8S. The summed E-state index contributed by atoms with van der Waals surface area (Å²) in [6, 6.07) is 16.3. The summed E-state index contributed by atoms with van der Waals surface area (Å²) in [5, 5.41) is 3.77. The van der Waals surface area contributed by atoms with E-state index >= 15 is 0 Å². The Hall–Kier alpha value is -5.01. The quantitative estimate of drug-likeness (QED) is 0.219. The first-order valence-electron chi connectivity index (χ1n) is 15.9. The van der Waals surface area contributed by atoms with Crippen LogP contribution in [0.1, 0.15) is 65.2 Å². The third-order valence-electron chi connectivity index (χ3n) is 8.35. The highest BCUT2D eigenvalue weighted by Gasteiger charge is 2.46. The Morgan fingerprint density at radius 2 is 1.55 bits per heavy atom. The monoisotopic (exact) mass is 688 g/mol. The molecular weight excluding hydrogens is 648 g/mol. The number of hydrogen-bond donors (Lipinski definition) is 1. The summed E-state index contributed by atoms with van der Waals surface area (Å²) in [5.74, 6) is -2.81. The lowest BCUT2D eigenvalue weighted by atomic mass is 9.82. The van der Waals surface area contributed by atoms with Crippen LogP contribution in [0.5, 0.6) is 11.5 Å². The van der Waals surface area contributed by atoms with Gasteiger partial charge in [-0.3, -0.25) is 14.4 Å². The number of hydrogen-bond acceptors (Lipinski definition) is 10. The van der Waals surface area contributed by atoms with Crippen LogP contribution < -0.4 is 15.2 Å². The Bertz CT molecular complexity index is 1920. The first-order chi connectivity index (χ1) is 23.3. The molecule has 3 amide bonds. The minimum atomic E-state index is -4.50. The zero-order valence-corrected chi connectivity index (χ0v) is 28.9. The van der Waals surface area contributed by atoms with Gasteiger partial charge in [0.2, 0.25) is 16.8 Å². The molecule has 0 saturated heterocycles. The van der Waals surface area contributed by atoms with Crippen molar-refractivity contribution in [2.24, 2.45) is 5.73 Å². The van der Waals surface area contributed by atoms with E-state index in [4.69, 9.17) is 19.7 Å². The van der Waals surface area contributed by atoms with Gasteiger partial charge in [0, 0.05) is 30.2 Å². The Labute approximate surface area is 285 Å². The fourth-order valence-electron chi connectivity index (χ4n) is 5.95. The van der Waals surface area contributed by atoms with Gasteiger partial charge in [-0.15, -0.1) is 0 Å². The van der Waals surface area contributed by atoms with Gasteiger partial charge in [0.05, 0.1) is 18.0 Å². The molecule has 12 nitrogen and oxygen atoms in total. The fraction of sp³-hybridized carbons (Fsp3) is 0.333. The van der Waals surface area contributed by atoms with Gasteiger partial charge in [-0.05, 0) is 62.6 Å². The maximum atomic E-state index is 15.0. The van der Waals surface area contributed by atoms with E-state index < -0.39 is 51.5 Å². The van der Waals surface area contributed by atoms with E-state index in [9.17, 15) is 22.8 Å². The first-order valence-corrected chi connectivity index (χ1v) is 17.6. The lowest BCUT2D eigenvalue weighted by Gasteiger charge is -2.37. The van der Waals surface area contributed by atoms with Crippen LogP contribution >= 0.6 is 0 Å². The van der Waals surface area contributed by atoms with E-state index in [0.717, 1.165) is 11.1 Å². The molecule has 1 aliphatic rings. The molecule has 49 heavy (non-hydrogen) atoms. The number of carbonyl (C=O) groups excluding carboxylic acids is 3. The van der Waals surface area contributed by atoms with Crippen LogP contribution in [0.2, 0.25) is 0 Å². The largest absolute Gasteiger partial charge is 0.454 e. The first kappa shape index (κ1) is 35.3. The molecule has 0 aliphatic carbocycles. The van der Waals surface area contributed by atoms with Crippen LogP contribution in [0.15, 0.2) is 77.4 Å². The molecule has 3 aromatic carbocycles. The predicted molar refractivity (Wildman–Crippen MR) is 182 cm³/mol. The summed E-state index contributed by atoms with van der Waals surface area (Å²) >= 11 is 0. The average Bonchev–Trinajstić information content (AvgIpc) is 3.78. The number of benzene rings is 3. The van der Waals surface area contributed by atoms with Gasteiger partial charge in [-0.1, -0.05) is 66.0 Å². The minimum absolute atomic E-state index is 0.00483. The standard InChI is InChI=1S/C36H40N4O8S/c1-6-7-16-49(44,45)40(34(41)24(4)37)36(43)33(39(5)35(42)28-18-22(2)17-23(3)19-28)32(27-12-13-30-31(20-27)47-21-46-30)26-10-8-25(9-11-26)29-14-15-38-48-29/h8-15,17-20,24,32-33H,6-7,16,21,37H2,1-5H3/t24-,32?,33-/m0/s1. The van der Waals surface area contributed by atoms with E-state index in [1.165, 1.54) is 25.1 Å². The van der Waals surface area contributed by atoms with Gasteiger partial charge in [-0.25, -0.2) is 8.42 Å². The zero-order valence-electron chi connectivity index (χ0n) is 28.1. The van der Waals surface area contributed by atoms with Crippen LogP contribution in [-0.4, -0.2) is 72.2 Å². The number of rotatable bonds is 12. The lowest BCUT2D eigenvalue weighted by molar-refractivity contribution is -0.142. The molecule has 1 unspecified atom stereocenters. The second-order valence-electron chi connectivity index (χ2n) is 12.2. The lowest BCUT2D eigenvalue weighted by Crippen LogP contribution is -2.58. The number of nitrogens with two attached hydrogens (primary N) is 1. The molecule has 4 aromatic rings. The number of aromatic nitrogens is 1. The molecule has 0 radical (unpaired) electrons. The number of imide groups is 1. The second kappa shape index (κ2) is 14.6. The van der Waals surface area contributed by atoms with E-state index in [-0.39, 0.29) is 17.5 Å². The summed E-state index contributed by atoms with van der Waals surface area (Å²) in [7, 11) is -3.07. The smallest absolute Gasteiger partial charge is 0.266 e. The zero-order chi connectivity index (χ0) is 35.5. The summed E-state index contributed by atoms with van der Waals surface area (Å²) in [5.41, 5.74) is 9.64. The van der Waals surface area contributed by atoms with Crippen molar-refractivity contribution in [3.8, 4) is 22.8 Å². The van der Waals surface area contributed by atoms with Crippen molar-refractivity contribution in [3.05, 3.63) is 101 Å². The van der Waals surface area contributed by atoms with Crippen molar-refractivity contribution in [2.45, 2.75) is 58.5 Å². The Morgan fingerprint density at radius 3 is 2.16 bits per heavy atom. The van der Waals surface area contributed by atoms with Crippen LogP contribution in [0.25, 0.3) is 11.3 Å². The van der Waals surface area contributed by atoms with Gasteiger partial charge in [0.1, 0.15) is 6.04 Å². The molecule has 13 heteroatoms. The number of likely N-dealkylation sites (N-methyl/N-ethyl adjacent to an activating group) is 1. The maximum absolute atomic E-state index is 15.0. The normalized spacial score (nSPS) is 14.2. The van der Waals surface area contributed by atoms with Crippen LogP contribution in [0, 0.1) is 13.8 Å². The van der Waals surface area contributed by atoms with Gasteiger partial charge in [-0.2, -0.15) is 4.31 Å². The molecule has 2 N–H and O–H groups in total. The summed E-state index contributed by atoms with van der Waals surface area (Å²) in [6.07, 6.45) is 2.22. The second-order valence-corrected chi connectivity index (χ2v) is 14.2. The summed E-state index contributed by atoms with van der Waals surface area (Å²) in [6.45, 7) is 6.80. The molecule has 1 aliphatic heterocycles. The Balaban J connectivity index is 1.74. The molecule has 0 spiro atoms. The number of amides is 3. The number of carbonyl (C=O) groups is 3. The SMILES string of the molecule is CCCCS(=O)(=O)N(C(=O)[C@H](C)N)C(=O)[C@H](C(c1ccc(-c2ccno2)cc1)c1ccc2c(c1)OCO2)N(C)C(=O)c1cc(C)cc(C)c1. The summed E-state index contributed by atoms with van der Waals surface area (Å²) < 4.78 is 44.5. The molecule has 258 valence electrons. The van der Waals surface area contributed by atoms with E-state index in [0.29, 0.717) is 45.9 Å². The topological polar surface area (TPSA) is 162 Å². The van der Waals surface area contributed by atoms with Crippen LogP contribution in [-0.2, 0) is 19.6 Å². The maximum Gasteiger partial charge on any atom is 0.266 e. The van der Waals surface area contributed by atoms with Crippen molar-refractivity contribution in [3.63, 3.8) is 0 Å². The Kier molecular flexibility index (Phi) is 10.5. The van der Waals surface area contributed by atoms with Gasteiger partial charge in [0.15, 0.2) is 17.3 Å². The third kappa shape index (κ3) is 7.52. The molecule has 2 heterocycles. The fourth-order valence-corrected chi connectivity index (χ4v) is 7.61. The average molecular weight is 689 g/mol. The highest BCUT2D eigenvalue weighted by molar-refractivity contribution is 7.90. The molecule has 0 saturated carbocycles. The van der Waals surface area contributed by atoms with Gasteiger partial charge < -0.3 is 24.6 Å². The highest BCUT2D eigenvalue weighted by atomic mass is 32.2. The highest BCUT2D eigenvalue weighted by Crippen LogP contribution is 2.40. The summed E-state index contributed by atoms with van der Waals surface area (Å²) in [4.78, 5) is 44.1. The van der Waals surface area contributed by atoms with Crippen molar-refractivity contribution in [1.82, 2.24) is 14.4 Å². The number of nitrogens with zero attached hydrogens (tertiary/aromatic N) is 3. The molecule has 0 bridgehead atoms. The van der Waals surface area contributed by atoms with E-state index in [1.54, 1.807) is 67.6 Å². The molecule has 1 aromatic heterocycles. The van der Waals surface area contributed by atoms with Gasteiger partial charge >= 0.3 is 0 Å². The van der Waals surface area contributed by atoms with Crippen LogP contribution in [0.3, 0.4) is 0 Å². The van der Waals surface area contributed by atoms with Gasteiger partial charge in [0.25, 0.3) is 17.7 Å².